The maximum Gasteiger partial charge on any atom is 0.241 e. The molecular weight excluding hydrogens is 402 g/mol. The Morgan fingerprint density at radius 2 is 2.00 bits per heavy atom. The summed E-state index contributed by atoms with van der Waals surface area (Å²) in [7, 11) is 0. The lowest BCUT2D eigenvalue weighted by atomic mass is 9.87. The van der Waals surface area contributed by atoms with Gasteiger partial charge in [-0.1, -0.05) is 56.3 Å². The van der Waals surface area contributed by atoms with Crippen LogP contribution in [-0.4, -0.2) is 39.0 Å². The van der Waals surface area contributed by atoms with Gasteiger partial charge < -0.3 is 9.84 Å². The summed E-state index contributed by atoms with van der Waals surface area (Å²) in [6, 6.07) is 14.0. The Labute approximate surface area is 189 Å². The number of nitrogens with zero attached hydrogens (tertiary/aromatic N) is 4. The highest BCUT2D eigenvalue weighted by Crippen LogP contribution is 2.25. The Hall–Kier alpha value is -3.06. The molecule has 32 heavy (non-hydrogen) atoms. The Balaban J connectivity index is 1.32. The minimum absolute atomic E-state index is 0.0419. The van der Waals surface area contributed by atoms with E-state index >= 15 is 0 Å². The second kappa shape index (κ2) is 9.61. The van der Waals surface area contributed by atoms with E-state index in [1.54, 1.807) is 6.20 Å². The first kappa shape index (κ1) is 22.1. The van der Waals surface area contributed by atoms with Gasteiger partial charge in [0.05, 0.1) is 24.7 Å². The van der Waals surface area contributed by atoms with E-state index in [-0.39, 0.29) is 17.2 Å². The number of hydrogen-bond acceptors (Lipinski definition) is 6. The van der Waals surface area contributed by atoms with E-state index in [1.165, 1.54) is 5.56 Å². The second-order valence-electron chi connectivity index (χ2n) is 9.45. The van der Waals surface area contributed by atoms with Crippen LogP contribution in [0.25, 0.3) is 11.4 Å². The van der Waals surface area contributed by atoms with Gasteiger partial charge in [0.25, 0.3) is 0 Å². The number of aromatic nitrogens is 3. The summed E-state index contributed by atoms with van der Waals surface area (Å²) < 4.78 is 5.51. The summed E-state index contributed by atoms with van der Waals surface area (Å²) in [6.45, 7) is 9.19. The standard InChI is InChI=1S/C25H31N5O2/c1-25(2,3)20-11-9-18(10-12-20)23-28-22(32-29-23)17-30-14-6-7-19(16-30)24(31)27-15-21-8-4-5-13-26-21/h4-5,8-13,19H,6-7,14-17H2,1-3H3,(H,27,31). The van der Waals surface area contributed by atoms with Crippen molar-refractivity contribution in [3.63, 3.8) is 0 Å². The first-order valence-electron chi connectivity index (χ1n) is 11.2. The van der Waals surface area contributed by atoms with Crippen LogP contribution in [0.5, 0.6) is 0 Å². The lowest BCUT2D eigenvalue weighted by molar-refractivity contribution is -0.127. The van der Waals surface area contributed by atoms with E-state index in [1.807, 2.05) is 30.3 Å². The second-order valence-corrected chi connectivity index (χ2v) is 9.45. The van der Waals surface area contributed by atoms with Crippen molar-refractivity contribution in [1.82, 2.24) is 25.3 Å². The van der Waals surface area contributed by atoms with Gasteiger partial charge in [0.1, 0.15) is 0 Å². The molecule has 1 aliphatic heterocycles. The summed E-state index contributed by atoms with van der Waals surface area (Å²) in [4.78, 5) is 23.7. The molecule has 168 valence electrons. The molecule has 4 rings (SSSR count). The van der Waals surface area contributed by atoms with Gasteiger partial charge in [-0.3, -0.25) is 14.7 Å². The molecule has 0 radical (unpaired) electrons. The van der Waals surface area contributed by atoms with Crippen LogP contribution in [0.3, 0.4) is 0 Å². The monoisotopic (exact) mass is 433 g/mol. The smallest absolute Gasteiger partial charge is 0.241 e. The minimum Gasteiger partial charge on any atom is -0.350 e. The lowest BCUT2D eigenvalue weighted by Gasteiger charge is -2.30. The third-order valence-electron chi connectivity index (χ3n) is 5.88. The zero-order valence-corrected chi connectivity index (χ0v) is 19.0. The molecule has 1 aliphatic rings. The maximum absolute atomic E-state index is 12.6. The highest BCUT2D eigenvalue weighted by atomic mass is 16.5. The molecule has 0 bridgehead atoms. The average Bonchev–Trinajstić information content (AvgIpc) is 3.26. The van der Waals surface area contributed by atoms with Gasteiger partial charge in [-0.2, -0.15) is 4.98 Å². The van der Waals surface area contributed by atoms with E-state index < -0.39 is 0 Å². The Kier molecular flexibility index (Phi) is 6.65. The van der Waals surface area contributed by atoms with Crippen molar-refractivity contribution in [2.45, 2.75) is 52.1 Å². The molecule has 0 saturated carbocycles. The van der Waals surface area contributed by atoms with Crippen LogP contribution in [0.1, 0.15) is 50.8 Å². The molecule has 1 saturated heterocycles. The number of carbonyl (C=O) groups excluding carboxylic acids is 1. The van der Waals surface area contributed by atoms with Crippen LogP contribution in [-0.2, 0) is 23.3 Å². The zero-order valence-electron chi connectivity index (χ0n) is 19.0. The van der Waals surface area contributed by atoms with Crippen molar-refractivity contribution in [3.05, 3.63) is 65.8 Å². The molecule has 1 N–H and O–H groups in total. The van der Waals surface area contributed by atoms with Crippen molar-refractivity contribution in [1.29, 1.82) is 0 Å². The van der Waals surface area contributed by atoms with Gasteiger partial charge in [0, 0.05) is 18.3 Å². The summed E-state index contributed by atoms with van der Waals surface area (Å²) in [5, 5.41) is 7.18. The van der Waals surface area contributed by atoms with Crippen molar-refractivity contribution in [2.75, 3.05) is 13.1 Å². The topological polar surface area (TPSA) is 84.2 Å². The van der Waals surface area contributed by atoms with E-state index in [4.69, 9.17) is 4.52 Å². The fourth-order valence-corrected chi connectivity index (χ4v) is 3.98. The SMILES string of the molecule is CC(C)(C)c1ccc(-c2noc(CN3CCCC(C(=O)NCc4ccccn4)C3)n2)cc1. The predicted octanol–water partition coefficient (Wildman–Crippen LogP) is 3.96. The van der Waals surface area contributed by atoms with Crippen LogP contribution >= 0.6 is 0 Å². The largest absolute Gasteiger partial charge is 0.350 e. The van der Waals surface area contributed by atoms with Gasteiger partial charge in [0.2, 0.25) is 17.6 Å². The van der Waals surface area contributed by atoms with E-state index in [9.17, 15) is 4.79 Å². The summed E-state index contributed by atoms with van der Waals surface area (Å²) in [5.41, 5.74) is 3.18. The lowest BCUT2D eigenvalue weighted by Crippen LogP contribution is -2.42. The molecule has 3 aromatic rings. The Morgan fingerprint density at radius 1 is 1.19 bits per heavy atom. The molecule has 1 amide bonds. The number of amides is 1. The van der Waals surface area contributed by atoms with Crippen molar-refractivity contribution in [3.8, 4) is 11.4 Å². The minimum atomic E-state index is -0.0419. The van der Waals surface area contributed by atoms with Gasteiger partial charge in [-0.15, -0.1) is 0 Å². The molecular formula is C25H31N5O2. The molecule has 0 spiro atoms. The molecule has 1 unspecified atom stereocenters. The van der Waals surface area contributed by atoms with Crippen molar-refractivity contribution < 1.29 is 9.32 Å². The number of benzene rings is 1. The van der Waals surface area contributed by atoms with E-state index in [2.05, 4.69) is 58.2 Å². The summed E-state index contributed by atoms with van der Waals surface area (Å²) in [5.74, 6) is 1.21. The molecule has 3 heterocycles. The fourth-order valence-electron chi connectivity index (χ4n) is 3.98. The number of rotatable bonds is 6. The Bertz CT molecular complexity index is 1020. The van der Waals surface area contributed by atoms with Crippen LogP contribution in [0.15, 0.2) is 53.2 Å². The van der Waals surface area contributed by atoms with Crippen molar-refractivity contribution in [2.24, 2.45) is 5.92 Å². The third kappa shape index (κ3) is 5.59. The zero-order chi connectivity index (χ0) is 22.6. The molecule has 1 atom stereocenters. The highest BCUT2D eigenvalue weighted by molar-refractivity contribution is 5.78. The van der Waals surface area contributed by atoms with Crippen LogP contribution < -0.4 is 5.32 Å². The number of nitrogens with one attached hydrogen (secondary N) is 1. The maximum atomic E-state index is 12.6. The average molecular weight is 434 g/mol. The first-order chi connectivity index (χ1) is 15.4. The quantitative estimate of drug-likeness (QED) is 0.634. The predicted molar refractivity (Wildman–Crippen MR) is 123 cm³/mol. The number of pyridine rings is 1. The third-order valence-corrected chi connectivity index (χ3v) is 5.88. The summed E-state index contributed by atoms with van der Waals surface area (Å²) >= 11 is 0. The van der Waals surface area contributed by atoms with Crippen LogP contribution in [0, 0.1) is 5.92 Å². The molecule has 1 aromatic carbocycles. The normalized spacial score (nSPS) is 17.3. The molecule has 1 fully saturated rings. The van der Waals surface area contributed by atoms with Crippen LogP contribution in [0.4, 0.5) is 0 Å². The fraction of sp³-hybridized carbons (Fsp3) is 0.440. The molecule has 7 nitrogen and oxygen atoms in total. The number of carbonyl (C=O) groups is 1. The summed E-state index contributed by atoms with van der Waals surface area (Å²) in [6.07, 6.45) is 3.60. The number of hydrogen-bond donors (Lipinski definition) is 1. The molecule has 7 heteroatoms. The number of likely N-dealkylation sites (tertiary alicyclic amines) is 1. The van der Waals surface area contributed by atoms with Gasteiger partial charge >= 0.3 is 0 Å². The van der Waals surface area contributed by atoms with Gasteiger partial charge in [-0.05, 0) is 42.5 Å². The molecule has 2 aromatic heterocycles. The van der Waals surface area contributed by atoms with Crippen LogP contribution in [0.2, 0.25) is 0 Å². The van der Waals surface area contributed by atoms with E-state index in [0.717, 1.165) is 30.6 Å². The molecule has 0 aliphatic carbocycles. The highest BCUT2D eigenvalue weighted by Gasteiger charge is 2.27. The van der Waals surface area contributed by atoms with Crippen molar-refractivity contribution >= 4 is 5.91 Å². The Morgan fingerprint density at radius 3 is 2.72 bits per heavy atom. The number of piperidine rings is 1. The van der Waals surface area contributed by atoms with Gasteiger partial charge in [0.15, 0.2) is 0 Å². The first-order valence-corrected chi connectivity index (χ1v) is 11.2. The van der Waals surface area contributed by atoms with E-state index in [0.29, 0.717) is 31.3 Å². The van der Waals surface area contributed by atoms with Gasteiger partial charge in [-0.25, -0.2) is 0 Å².